The van der Waals surface area contributed by atoms with Crippen molar-refractivity contribution in [1.29, 1.82) is 0 Å². The second kappa shape index (κ2) is 7.09. The van der Waals surface area contributed by atoms with Gasteiger partial charge < -0.3 is 14.2 Å². The van der Waals surface area contributed by atoms with Gasteiger partial charge in [0.25, 0.3) is 0 Å². The molecule has 0 aliphatic heterocycles. The number of ether oxygens (including phenoxy) is 3. The number of hydrogen-bond acceptors (Lipinski definition) is 3. The Morgan fingerprint density at radius 2 is 1.38 bits per heavy atom. The highest BCUT2D eigenvalue weighted by atomic mass is 16.5. The number of hydrogen-bond donors (Lipinski definition) is 0. The molecule has 0 atom stereocenters. The Labute approximate surface area is 142 Å². The van der Waals surface area contributed by atoms with Crippen molar-refractivity contribution in [1.82, 2.24) is 0 Å². The van der Waals surface area contributed by atoms with Gasteiger partial charge in [-0.1, -0.05) is 54.6 Å². The van der Waals surface area contributed by atoms with Crippen LogP contribution in [-0.4, -0.2) is 21.3 Å². The monoisotopic (exact) mass is 320 g/mol. The average Bonchev–Trinajstić information content (AvgIpc) is 2.65. The maximum atomic E-state index is 5.40. The summed E-state index contributed by atoms with van der Waals surface area (Å²) < 4.78 is 16.2. The minimum absolute atomic E-state index is 0.599. The molecule has 0 unspecified atom stereocenters. The van der Waals surface area contributed by atoms with Crippen LogP contribution in [0.3, 0.4) is 0 Å². The highest BCUT2D eigenvalue weighted by Crippen LogP contribution is 2.38. The molecule has 0 fully saturated rings. The number of fused-ring (bicyclic) bond motifs is 1. The Kier molecular flexibility index (Phi) is 4.71. The van der Waals surface area contributed by atoms with E-state index in [9.17, 15) is 0 Å². The van der Waals surface area contributed by atoms with Gasteiger partial charge in [-0.15, -0.1) is 0 Å². The molecule has 0 aliphatic carbocycles. The van der Waals surface area contributed by atoms with Crippen LogP contribution in [0.25, 0.3) is 22.9 Å². The van der Waals surface area contributed by atoms with Gasteiger partial charge in [0.15, 0.2) is 11.5 Å². The predicted molar refractivity (Wildman–Crippen MR) is 99.0 cm³/mol. The molecular formula is C21H20O3. The average molecular weight is 320 g/mol. The van der Waals surface area contributed by atoms with Crippen LogP contribution >= 0.6 is 0 Å². The summed E-state index contributed by atoms with van der Waals surface area (Å²) in [6.45, 7) is 0. The van der Waals surface area contributed by atoms with Crippen LogP contribution in [0, 0.1) is 0 Å². The maximum absolute atomic E-state index is 5.40. The lowest BCUT2D eigenvalue weighted by Gasteiger charge is -2.12. The first-order chi connectivity index (χ1) is 11.8. The van der Waals surface area contributed by atoms with Crippen LogP contribution in [-0.2, 0) is 0 Å². The Morgan fingerprint density at radius 1 is 0.708 bits per heavy atom. The Bertz CT molecular complexity index is 851. The molecule has 3 nitrogen and oxygen atoms in total. The lowest BCUT2D eigenvalue weighted by Crippen LogP contribution is -1.95. The Morgan fingerprint density at radius 3 is 2.04 bits per heavy atom. The van der Waals surface area contributed by atoms with E-state index >= 15 is 0 Å². The molecule has 3 heteroatoms. The summed E-state index contributed by atoms with van der Waals surface area (Å²) in [5, 5.41) is 2.45. The summed E-state index contributed by atoms with van der Waals surface area (Å²) in [5.41, 5.74) is 2.15. The van der Waals surface area contributed by atoms with E-state index in [4.69, 9.17) is 14.2 Å². The van der Waals surface area contributed by atoms with E-state index in [1.54, 1.807) is 21.3 Å². The largest absolute Gasteiger partial charge is 0.493 e. The molecule has 3 aromatic carbocycles. The lowest BCUT2D eigenvalue weighted by molar-refractivity contribution is 0.324. The van der Waals surface area contributed by atoms with Crippen LogP contribution in [0.4, 0.5) is 0 Å². The number of methoxy groups -OCH3 is 3. The summed E-state index contributed by atoms with van der Waals surface area (Å²) in [5.74, 6) is 1.89. The molecular weight excluding hydrogens is 300 g/mol. The summed E-state index contributed by atoms with van der Waals surface area (Å²) in [4.78, 5) is 0. The van der Waals surface area contributed by atoms with Gasteiger partial charge in [0.2, 0.25) is 5.75 Å². The molecule has 0 heterocycles. The quantitative estimate of drug-likeness (QED) is 0.617. The Hall–Kier alpha value is -2.94. The predicted octanol–water partition coefficient (Wildman–Crippen LogP) is 5.04. The van der Waals surface area contributed by atoms with Gasteiger partial charge in [-0.3, -0.25) is 0 Å². The van der Waals surface area contributed by atoms with Crippen molar-refractivity contribution in [3.8, 4) is 17.2 Å². The molecule has 3 rings (SSSR count). The van der Waals surface area contributed by atoms with E-state index in [1.807, 2.05) is 18.2 Å². The summed E-state index contributed by atoms with van der Waals surface area (Å²) in [7, 11) is 4.84. The highest BCUT2D eigenvalue weighted by Gasteiger charge is 2.12. The molecule has 0 spiro atoms. The van der Waals surface area contributed by atoms with Crippen molar-refractivity contribution in [3.63, 3.8) is 0 Å². The minimum Gasteiger partial charge on any atom is -0.493 e. The number of rotatable bonds is 5. The summed E-state index contributed by atoms with van der Waals surface area (Å²) >= 11 is 0. The standard InChI is InChI=1S/C21H20O3/c1-22-19-13-15(14-20(23-2)21(19)24-3)11-12-17-9-6-8-16-7-4-5-10-18(16)17/h4-14H,1-3H3/b12-11+. The number of benzene rings is 3. The third kappa shape index (κ3) is 3.06. The summed E-state index contributed by atoms with van der Waals surface area (Å²) in [6, 6.07) is 18.5. The molecule has 24 heavy (non-hydrogen) atoms. The van der Waals surface area contributed by atoms with Crippen LogP contribution in [0.2, 0.25) is 0 Å². The first kappa shape index (κ1) is 15.9. The van der Waals surface area contributed by atoms with Crippen molar-refractivity contribution < 1.29 is 14.2 Å². The zero-order valence-electron chi connectivity index (χ0n) is 14.1. The van der Waals surface area contributed by atoms with Gasteiger partial charge in [0, 0.05) is 0 Å². The van der Waals surface area contributed by atoms with E-state index in [1.165, 1.54) is 16.3 Å². The maximum Gasteiger partial charge on any atom is 0.203 e. The molecule has 0 aromatic heterocycles. The molecule has 0 saturated heterocycles. The van der Waals surface area contributed by atoms with Crippen molar-refractivity contribution in [2.24, 2.45) is 0 Å². The van der Waals surface area contributed by atoms with Crippen LogP contribution < -0.4 is 14.2 Å². The SMILES string of the molecule is COc1cc(/C=C/c2cccc3ccccc23)cc(OC)c1OC. The van der Waals surface area contributed by atoms with E-state index in [0.29, 0.717) is 17.2 Å². The van der Waals surface area contributed by atoms with E-state index in [0.717, 1.165) is 5.56 Å². The highest BCUT2D eigenvalue weighted by molar-refractivity contribution is 5.92. The van der Waals surface area contributed by atoms with Crippen molar-refractivity contribution in [3.05, 3.63) is 65.7 Å². The van der Waals surface area contributed by atoms with Crippen molar-refractivity contribution >= 4 is 22.9 Å². The third-order valence-corrected chi connectivity index (χ3v) is 3.97. The Balaban J connectivity index is 2.02. The normalized spacial score (nSPS) is 11.0. The zero-order chi connectivity index (χ0) is 16.9. The second-order valence-electron chi connectivity index (χ2n) is 5.36. The van der Waals surface area contributed by atoms with Gasteiger partial charge in [-0.2, -0.15) is 0 Å². The van der Waals surface area contributed by atoms with E-state index in [2.05, 4.69) is 48.5 Å². The van der Waals surface area contributed by atoms with E-state index < -0.39 is 0 Å². The first-order valence-electron chi connectivity index (χ1n) is 7.72. The fraction of sp³-hybridized carbons (Fsp3) is 0.143. The van der Waals surface area contributed by atoms with Gasteiger partial charge in [-0.25, -0.2) is 0 Å². The van der Waals surface area contributed by atoms with Crippen LogP contribution in [0.5, 0.6) is 17.2 Å². The smallest absolute Gasteiger partial charge is 0.203 e. The molecule has 0 bridgehead atoms. The van der Waals surface area contributed by atoms with Crippen LogP contribution in [0.15, 0.2) is 54.6 Å². The zero-order valence-corrected chi connectivity index (χ0v) is 14.1. The lowest BCUT2D eigenvalue weighted by atomic mass is 10.0. The second-order valence-corrected chi connectivity index (χ2v) is 5.36. The topological polar surface area (TPSA) is 27.7 Å². The van der Waals surface area contributed by atoms with Gasteiger partial charge in [0.1, 0.15) is 0 Å². The summed E-state index contributed by atoms with van der Waals surface area (Å²) in [6.07, 6.45) is 4.15. The third-order valence-electron chi connectivity index (χ3n) is 3.97. The molecule has 0 saturated carbocycles. The van der Waals surface area contributed by atoms with Gasteiger partial charge in [0.05, 0.1) is 21.3 Å². The molecule has 0 aliphatic rings. The fourth-order valence-corrected chi connectivity index (χ4v) is 2.78. The van der Waals surface area contributed by atoms with E-state index in [-0.39, 0.29) is 0 Å². The van der Waals surface area contributed by atoms with Gasteiger partial charge >= 0.3 is 0 Å². The minimum atomic E-state index is 0.599. The molecule has 122 valence electrons. The molecule has 0 N–H and O–H groups in total. The molecule has 0 radical (unpaired) electrons. The first-order valence-corrected chi connectivity index (χ1v) is 7.72. The molecule has 3 aromatic rings. The van der Waals surface area contributed by atoms with Gasteiger partial charge in [-0.05, 0) is 34.0 Å². The van der Waals surface area contributed by atoms with Crippen molar-refractivity contribution in [2.45, 2.75) is 0 Å². The van der Waals surface area contributed by atoms with Crippen molar-refractivity contribution in [2.75, 3.05) is 21.3 Å². The van der Waals surface area contributed by atoms with Crippen LogP contribution in [0.1, 0.15) is 11.1 Å². The fourth-order valence-electron chi connectivity index (χ4n) is 2.78. The molecule has 0 amide bonds.